The van der Waals surface area contributed by atoms with E-state index in [1.54, 1.807) is 30.3 Å². The van der Waals surface area contributed by atoms with Crippen LogP contribution in [0.4, 0.5) is 11.4 Å². The van der Waals surface area contributed by atoms with Gasteiger partial charge in [-0.05, 0) is 35.9 Å². The van der Waals surface area contributed by atoms with E-state index in [1.807, 2.05) is 0 Å². The monoisotopic (exact) mass is 394 g/mol. The molecule has 0 aromatic heterocycles. The predicted molar refractivity (Wildman–Crippen MR) is 103 cm³/mol. The molecular formula is C18H22N2O6S. The number of anilines is 2. The van der Waals surface area contributed by atoms with Gasteiger partial charge in [0.05, 0.1) is 39.7 Å². The average Bonchev–Trinajstić information content (AvgIpc) is 2.59. The molecule has 2 aromatic carbocycles. The SMILES string of the molecule is COc1cc(CC(=O)Nc2cccc(NS(C)(=O)=O)c2)cc(OC)c1OC. The van der Waals surface area contributed by atoms with Crippen molar-refractivity contribution < 1.29 is 27.4 Å². The molecule has 0 saturated carbocycles. The van der Waals surface area contributed by atoms with Crippen molar-refractivity contribution in [2.75, 3.05) is 37.6 Å². The van der Waals surface area contributed by atoms with E-state index >= 15 is 0 Å². The first-order valence-corrected chi connectivity index (χ1v) is 9.81. The number of rotatable bonds is 8. The maximum absolute atomic E-state index is 12.4. The number of ether oxygens (including phenoxy) is 3. The Balaban J connectivity index is 2.15. The zero-order valence-corrected chi connectivity index (χ0v) is 16.3. The van der Waals surface area contributed by atoms with E-state index < -0.39 is 10.0 Å². The molecule has 0 fully saturated rings. The van der Waals surface area contributed by atoms with Gasteiger partial charge < -0.3 is 19.5 Å². The van der Waals surface area contributed by atoms with E-state index in [2.05, 4.69) is 10.0 Å². The van der Waals surface area contributed by atoms with Gasteiger partial charge in [0.1, 0.15) is 0 Å². The summed E-state index contributed by atoms with van der Waals surface area (Å²) in [6.45, 7) is 0. The smallest absolute Gasteiger partial charge is 0.229 e. The second-order valence-corrected chi connectivity index (χ2v) is 7.46. The van der Waals surface area contributed by atoms with Crippen molar-refractivity contribution in [1.29, 1.82) is 0 Å². The van der Waals surface area contributed by atoms with E-state index in [4.69, 9.17) is 14.2 Å². The number of methoxy groups -OCH3 is 3. The average molecular weight is 394 g/mol. The van der Waals surface area contributed by atoms with Crippen LogP contribution >= 0.6 is 0 Å². The van der Waals surface area contributed by atoms with Gasteiger partial charge in [-0.1, -0.05) is 6.07 Å². The molecule has 0 bridgehead atoms. The second kappa shape index (κ2) is 8.63. The zero-order chi connectivity index (χ0) is 20.0. The summed E-state index contributed by atoms with van der Waals surface area (Å²) >= 11 is 0. The molecule has 0 atom stereocenters. The van der Waals surface area contributed by atoms with Gasteiger partial charge in [-0.25, -0.2) is 8.42 Å². The van der Waals surface area contributed by atoms with Crippen molar-refractivity contribution in [3.8, 4) is 17.2 Å². The van der Waals surface area contributed by atoms with E-state index in [-0.39, 0.29) is 12.3 Å². The fraction of sp³-hybridized carbons (Fsp3) is 0.278. The number of hydrogen-bond acceptors (Lipinski definition) is 6. The predicted octanol–water partition coefficient (Wildman–Crippen LogP) is 2.27. The molecule has 0 spiro atoms. The molecule has 9 heteroatoms. The van der Waals surface area contributed by atoms with Gasteiger partial charge in [0.25, 0.3) is 0 Å². The molecular weight excluding hydrogens is 372 g/mol. The lowest BCUT2D eigenvalue weighted by Gasteiger charge is -2.14. The van der Waals surface area contributed by atoms with Crippen molar-refractivity contribution in [3.63, 3.8) is 0 Å². The van der Waals surface area contributed by atoms with Gasteiger partial charge in [-0.2, -0.15) is 0 Å². The lowest BCUT2D eigenvalue weighted by atomic mass is 10.1. The molecule has 0 aliphatic rings. The Bertz CT molecular complexity index is 902. The largest absolute Gasteiger partial charge is 0.493 e. The highest BCUT2D eigenvalue weighted by Crippen LogP contribution is 2.38. The van der Waals surface area contributed by atoms with Gasteiger partial charge in [0.15, 0.2) is 11.5 Å². The zero-order valence-electron chi connectivity index (χ0n) is 15.5. The molecule has 0 aliphatic carbocycles. The number of benzene rings is 2. The van der Waals surface area contributed by atoms with Gasteiger partial charge in [-0.15, -0.1) is 0 Å². The van der Waals surface area contributed by atoms with E-state index in [1.165, 1.54) is 27.4 Å². The molecule has 146 valence electrons. The molecule has 0 heterocycles. The first-order chi connectivity index (χ1) is 12.8. The van der Waals surface area contributed by atoms with Crippen LogP contribution in [-0.4, -0.2) is 41.9 Å². The van der Waals surface area contributed by atoms with Crippen LogP contribution in [0.15, 0.2) is 36.4 Å². The Morgan fingerprint density at radius 3 is 2.07 bits per heavy atom. The van der Waals surface area contributed by atoms with Crippen LogP contribution in [0.1, 0.15) is 5.56 Å². The molecule has 2 rings (SSSR count). The van der Waals surface area contributed by atoms with E-state index in [0.717, 1.165) is 6.26 Å². The lowest BCUT2D eigenvalue weighted by Crippen LogP contribution is -2.15. The third-order valence-corrected chi connectivity index (χ3v) is 4.15. The summed E-state index contributed by atoms with van der Waals surface area (Å²) in [6.07, 6.45) is 1.13. The van der Waals surface area contributed by atoms with Crippen LogP contribution < -0.4 is 24.2 Å². The maximum Gasteiger partial charge on any atom is 0.229 e. The lowest BCUT2D eigenvalue weighted by molar-refractivity contribution is -0.115. The molecule has 1 amide bonds. The summed E-state index contributed by atoms with van der Waals surface area (Å²) < 4.78 is 40.8. The Labute approximate surface area is 158 Å². The Hall–Kier alpha value is -2.94. The molecule has 8 nitrogen and oxygen atoms in total. The van der Waals surface area contributed by atoms with Gasteiger partial charge in [0.2, 0.25) is 21.7 Å². The summed E-state index contributed by atoms with van der Waals surface area (Å²) in [4.78, 5) is 12.4. The minimum atomic E-state index is -3.40. The normalized spacial score (nSPS) is 10.8. The first-order valence-electron chi connectivity index (χ1n) is 7.92. The maximum atomic E-state index is 12.4. The Kier molecular flexibility index (Phi) is 6.51. The van der Waals surface area contributed by atoms with Crippen LogP contribution in [-0.2, 0) is 21.2 Å². The van der Waals surface area contributed by atoms with Crippen molar-refractivity contribution >= 4 is 27.3 Å². The summed E-state index contributed by atoms with van der Waals surface area (Å²) in [7, 11) is 1.11. The summed E-state index contributed by atoms with van der Waals surface area (Å²) in [5.41, 5.74) is 1.51. The topological polar surface area (TPSA) is 103 Å². The molecule has 27 heavy (non-hydrogen) atoms. The molecule has 0 aliphatic heterocycles. The van der Waals surface area contributed by atoms with E-state index in [9.17, 15) is 13.2 Å². The fourth-order valence-electron chi connectivity index (χ4n) is 2.50. The van der Waals surface area contributed by atoms with Crippen molar-refractivity contribution in [2.45, 2.75) is 6.42 Å². The standard InChI is InChI=1S/C18H22N2O6S/c1-24-15-8-12(9-16(25-2)18(15)26-3)10-17(21)19-13-6-5-7-14(11-13)20-27(4,22)23/h5-9,11,20H,10H2,1-4H3,(H,19,21). The van der Waals surface area contributed by atoms with Gasteiger partial charge >= 0.3 is 0 Å². The van der Waals surface area contributed by atoms with Crippen molar-refractivity contribution in [3.05, 3.63) is 42.0 Å². The number of carbonyl (C=O) groups is 1. The Morgan fingerprint density at radius 1 is 0.963 bits per heavy atom. The number of carbonyl (C=O) groups excluding carboxylic acids is 1. The van der Waals surface area contributed by atoms with Crippen molar-refractivity contribution in [1.82, 2.24) is 0 Å². The van der Waals surface area contributed by atoms with Crippen LogP contribution in [0.5, 0.6) is 17.2 Å². The van der Waals surface area contributed by atoms with Gasteiger partial charge in [0, 0.05) is 5.69 Å². The first kappa shape index (κ1) is 20.4. The highest BCUT2D eigenvalue weighted by atomic mass is 32.2. The van der Waals surface area contributed by atoms with Crippen molar-refractivity contribution in [2.24, 2.45) is 0 Å². The minimum absolute atomic E-state index is 0.0699. The molecule has 2 aromatic rings. The van der Waals surface area contributed by atoms with Crippen LogP contribution in [0.3, 0.4) is 0 Å². The quantitative estimate of drug-likeness (QED) is 0.712. The minimum Gasteiger partial charge on any atom is -0.493 e. The van der Waals surface area contributed by atoms with Gasteiger partial charge in [-0.3, -0.25) is 9.52 Å². The van der Waals surface area contributed by atoms with Crippen LogP contribution in [0.25, 0.3) is 0 Å². The molecule has 0 radical (unpaired) electrons. The summed E-state index contributed by atoms with van der Waals surface area (Å²) in [5.74, 6) is 1.09. The van der Waals surface area contributed by atoms with Crippen LogP contribution in [0, 0.1) is 0 Å². The highest BCUT2D eigenvalue weighted by molar-refractivity contribution is 7.92. The van der Waals surface area contributed by atoms with Crippen LogP contribution in [0.2, 0.25) is 0 Å². The fourth-order valence-corrected chi connectivity index (χ4v) is 3.06. The number of sulfonamides is 1. The number of amides is 1. The highest BCUT2D eigenvalue weighted by Gasteiger charge is 2.15. The third-order valence-electron chi connectivity index (χ3n) is 3.54. The molecule has 0 unspecified atom stereocenters. The molecule has 0 saturated heterocycles. The van der Waals surface area contributed by atoms with E-state index in [0.29, 0.717) is 34.2 Å². The third kappa shape index (κ3) is 5.78. The number of nitrogens with one attached hydrogen (secondary N) is 2. The Morgan fingerprint density at radius 2 is 1.56 bits per heavy atom. The molecule has 2 N–H and O–H groups in total. The second-order valence-electron chi connectivity index (χ2n) is 5.71. The summed E-state index contributed by atoms with van der Waals surface area (Å²) in [5, 5.41) is 2.73. The summed E-state index contributed by atoms with van der Waals surface area (Å²) in [6, 6.07) is 9.83. The number of hydrogen-bond donors (Lipinski definition) is 2.